The minimum Gasteiger partial charge on any atom is -0.309 e. The molecule has 4 heteroatoms. The predicted octanol–water partition coefficient (Wildman–Crippen LogP) is 14.3. The molecule has 0 atom stereocenters. The molecular formula is C55H34N4. The molecule has 4 heterocycles. The zero-order chi connectivity index (χ0) is 38.6. The van der Waals surface area contributed by atoms with Crippen LogP contribution >= 0.6 is 0 Å². The fourth-order valence-corrected chi connectivity index (χ4v) is 10.0. The van der Waals surface area contributed by atoms with E-state index < -0.39 is 0 Å². The van der Waals surface area contributed by atoms with Gasteiger partial charge < -0.3 is 13.7 Å². The van der Waals surface area contributed by atoms with Crippen molar-refractivity contribution in [2.24, 2.45) is 0 Å². The van der Waals surface area contributed by atoms with Crippen LogP contribution in [0.15, 0.2) is 206 Å². The number of hydrogen-bond acceptors (Lipinski definition) is 1. The largest absolute Gasteiger partial charge is 0.309 e. The smallest absolute Gasteiger partial charge is 0.0788 e. The molecule has 13 aromatic rings. The molecule has 0 N–H and O–H groups in total. The summed E-state index contributed by atoms with van der Waals surface area (Å²) in [4.78, 5) is 5.08. The van der Waals surface area contributed by atoms with Crippen molar-refractivity contribution >= 4 is 87.1 Å². The maximum atomic E-state index is 5.08. The van der Waals surface area contributed by atoms with Gasteiger partial charge in [0.05, 0.1) is 38.6 Å². The van der Waals surface area contributed by atoms with Gasteiger partial charge in [-0.3, -0.25) is 4.98 Å². The number of hydrogen-bond donors (Lipinski definition) is 0. The lowest BCUT2D eigenvalue weighted by Crippen LogP contribution is -1.99. The van der Waals surface area contributed by atoms with Gasteiger partial charge in [-0.1, -0.05) is 133 Å². The van der Waals surface area contributed by atoms with Gasteiger partial charge in [-0.05, 0) is 77.7 Å². The second-order valence-corrected chi connectivity index (χ2v) is 15.5. The number of para-hydroxylation sites is 6. The highest BCUT2D eigenvalue weighted by molar-refractivity contribution is 6.27. The van der Waals surface area contributed by atoms with Crippen molar-refractivity contribution in [1.82, 2.24) is 18.7 Å². The van der Waals surface area contributed by atoms with Gasteiger partial charge in [-0.15, -0.1) is 0 Å². The third-order valence-corrected chi connectivity index (χ3v) is 12.4. The van der Waals surface area contributed by atoms with E-state index in [2.05, 4.69) is 220 Å². The van der Waals surface area contributed by atoms with E-state index in [1.807, 2.05) is 0 Å². The molecule has 0 spiro atoms. The van der Waals surface area contributed by atoms with Gasteiger partial charge >= 0.3 is 0 Å². The van der Waals surface area contributed by atoms with Crippen molar-refractivity contribution < 1.29 is 0 Å². The maximum Gasteiger partial charge on any atom is 0.0788 e. The Hall–Kier alpha value is -7.95. The molecule has 274 valence electrons. The highest BCUT2D eigenvalue weighted by Gasteiger charge is 2.24. The average molecular weight is 751 g/mol. The highest BCUT2D eigenvalue weighted by Crippen LogP contribution is 2.46. The molecule has 4 nitrogen and oxygen atoms in total. The standard InChI is InChI=1S/C55H34N4/c1-3-17-36(18-4-1)57-50-29-14-10-25-44(50)53-51(57)33-45-39-22-7-11-26-47(39)56-34-46(45)52(53)35-16-15-21-38(32-35)59-49-28-13-9-24-41(49)43-31-30-42-40-23-8-12-27-48(40)58(54(42)55(43)59)37-19-5-2-6-20-37/h1-34H. The quantitative estimate of drug-likeness (QED) is 0.165. The predicted molar refractivity (Wildman–Crippen MR) is 248 cm³/mol. The monoisotopic (exact) mass is 750 g/mol. The molecule has 0 saturated carbocycles. The summed E-state index contributed by atoms with van der Waals surface area (Å²) >= 11 is 0. The van der Waals surface area contributed by atoms with E-state index in [1.54, 1.807) is 0 Å². The van der Waals surface area contributed by atoms with Crippen LogP contribution in [0.4, 0.5) is 0 Å². The normalized spacial score (nSPS) is 12.1. The molecule has 0 aliphatic heterocycles. The molecular weight excluding hydrogens is 717 g/mol. The first-order valence-corrected chi connectivity index (χ1v) is 20.2. The maximum absolute atomic E-state index is 5.08. The Balaban J connectivity index is 1.18. The van der Waals surface area contributed by atoms with E-state index in [0.29, 0.717) is 0 Å². The Morgan fingerprint density at radius 2 is 0.814 bits per heavy atom. The lowest BCUT2D eigenvalue weighted by atomic mass is 9.92. The van der Waals surface area contributed by atoms with Crippen molar-refractivity contribution in [2.45, 2.75) is 0 Å². The zero-order valence-corrected chi connectivity index (χ0v) is 31.9. The van der Waals surface area contributed by atoms with E-state index in [9.17, 15) is 0 Å². The van der Waals surface area contributed by atoms with Crippen molar-refractivity contribution in [3.63, 3.8) is 0 Å². The average Bonchev–Trinajstić information content (AvgIpc) is 3.95. The Bertz CT molecular complexity index is 3830. The van der Waals surface area contributed by atoms with Crippen molar-refractivity contribution in [3.8, 4) is 28.2 Å². The molecule has 13 rings (SSSR count). The third-order valence-electron chi connectivity index (χ3n) is 12.4. The van der Waals surface area contributed by atoms with Crippen LogP contribution in [0.3, 0.4) is 0 Å². The molecule has 0 amide bonds. The van der Waals surface area contributed by atoms with E-state index in [1.165, 1.54) is 76.4 Å². The number of rotatable bonds is 4. The second kappa shape index (κ2) is 12.3. The zero-order valence-electron chi connectivity index (χ0n) is 31.9. The number of nitrogens with zero attached hydrogens (tertiary/aromatic N) is 4. The summed E-state index contributed by atoms with van der Waals surface area (Å²) in [6.45, 7) is 0. The summed E-state index contributed by atoms with van der Waals surface area (Å²) in [6.07, 6.45) is 2.09. The summed E-state index contributed by atoms with van der Waals surface area (Å²) in [5.41, 5.74) is 13.8. The topological polar surface area (TPSA) is 27.7 Å². The van der Waals surface area contributed by atoms with Crippen molar-refractivity contribution in [2.75, 3.05) is 0 Å². The molecule has 4 aromatic heterocycles. The second-order valence-electron chi connectivity index (χ2n) is 15.5. The van der Waals surface area contributed by atoms with Crippen LogP contribution in [-0.4, -0.2) is 18.7 Å². The van der Waals surface area contributed by atoms with Gasteiger partial charge in [-0.2, -0.15) is 0 Å². The van der Waals surface area contributed by atoms with Crippen LogP contribution in [0.25, 0.3) is 115 Å². The van der Waals surface area contributed by atoms with Gasteiger partial charge in [0.25, 0.3) is 0 Å². The Morgan fingerprint density at radius 3 is 1.47 bits per heavy atom. The highest BCUT2D eigenvalue weighted by atomic mass is 15.0. The molecule has 0 unspecified atom stereocenters. The molecule has 0 radical (unpaired) electrons. The van der Waals surface area contributed by atoms with Crippen LogP contribution in [0.5, 0.6) is 0 Å². The van der Waals surface area contributed by atoms with Crippen molar-refractivity contribution in [3.05, 3.63) is 206 Å². The van der Waals surface area contributed by atoms with Gasteiger partial charge in [-0.25, -0.2) is 0 Å². The van der Waals surface area contributed by atoms with Crippen LogP contribution in [0.2, 0.25) is 0 Å². The van der Waals surface area contributed by atoms with Gasteiger partial charge in [0, 0.05) is 71.9 Å². The number of pyridine rings is 1. The van der Waals surface area contributed by atoms with Crippen LogP contribution < -0.4 is 0 Å². The SMILES string of the molecule is c1ccc(-n2c3ccccc3c3c(-c4cccc(-n5c6ccccc6c6ccc7c8ccccc8n(-c8ccccc8)c7c65)c4)c4cnc5ccccc5c4cc32)cc1. The van der Waals surface area contributed by atoms with Gasteiger partial charge in [0.15, 0.2) is 0 Å². The summed E-state index contributed by atoms with van der Waals surface area (Å²) in [6, 6.07) is 72.8. The first kappa shape index (κ1) is 32.2. The van der Waals surface area contributed by atoms with E-state index >= 15 is 0 Å². The lowest BCUT2D eigenvalue weighted by molar-refractivity contribution is 1.15. The molecule has 9 aromatic carbocycles. The van der Waals surface area contributed by atoms with Crippen LogP contribution in [0, 0.1) is 0 Å². The van der Waals surface area contributed by atoms with E-state index in [4.69, 9.17) is 4.98 Å². The summed E-state index contributed by atoms with van der Waals surface area (Å²) in [7, 11) is 0. The van der Waals surface area contributed by atoms with Gasteiger partial charge in [0.1, 0.15) is 0 Å². The van der Waals surface area contributed by atoms with Crippen LogP contribution in [-0.2, 0) is 0 Å². The first-order valence-electron chi connectivity index (χ1n) is 20.2. The molecule has 0 bridgehead atoms. The summed E-state index contributed by atoms with van der Waals surface area (Å²) < 4.78 is 7.38. The minimum absolute atomic E-state index is 0.990. The molecule has 0 fully saturated rings. The molecule has 0 saturated heterocycles. The fraction of sp³-hybridized carbons (Fsp3) is 0. The molecule has 0 aliphatic rings. The lowest BCUT2D eigenvalue weighted by Gasteiger charge is -2.16. The van der Waals surface area contributed by atoms with Gasteiger partial charge in [0.2, 0.25) is 0 Å². The van der Waals surface area contributed by atoms with E-state index in [0.717, 1.165) is 38.9 Å². The third kappa shape index (κ3) is 4.51. The Labute approximate surface area is 339 Å². The fourth-order valence-electron chi connectivity index (χ4n) is 10.0. The first-order chi connectivity index (χ1) is 29.3. The number of aromatic nitrogens is 4. The molecule has 0 aliphatic carbocycles. The summed E-state index contributed by atoms with van der Waals surface area (Å²) in [5, 5.41) is 10.8. The van der Waals surface area contributed by atoms with E-state index in [-0.39, 0.29) is 0 Å². The molecule has 59 heavy (non-hydrogen) atoms. The summed E-state index contributed by atoms with van der Waals surface area (Å²) in [5.74, 6) is 0. The number of benzene rings is 9. The Morgan fingerprint density at radius 1 is 0.305 bits per heavy atom. The van der Waals surface area contributed by atoms with Crippen molar-refractivity contribution in [1.29, 1.82) is 0 Å². The Kier molecular flexibility index (Phi) is 6.69. The number of fused-ring (bicyclic) bond motifs is 13. The minimum atomic E-state index is 0.990. The van der Waals surface area contributed by atoms with Crippen LogP contribution in [0.1, 0.15) is 0 Å².